The highest BCUT2D eigenvalue weighted by molar-refractivity contribution is 5.95. The van der Waals surface area contributed by atoms with E-state index in [2.05, 4.69) is 21.9 Å². The smallest absolute Gasteiger partial charge is 0.410 e. The molecule has 0 unspecified atom stereocenters. The second-order valence-corrected chi connectivity index (χ2v) is 10.7. The number of benzene rings is 2. The van der Waals surface area contributed by atoms with Crippen molar-refractivity contribution in [3.63, 3.8) is 0 Å². The molecular weight excluding hydrogens is 550 g/mol. The first-order valence-electron chi connectivity index (χ1n) is 14.4. The molecule has 0 bridgehead atoms. The molecule has 0 saturated carbocycles. The van der Waals surface area contributed by atoms with E-state index < -0.39 is 48.2 Å². The first-order chi connectivity index (χ1) is 20.7. The molecule has 4 amide bonds. The van der Waals surface area contributed by atoms with Crippen LogP contribution in [0.5, 0.6) is 0 Å². The maximum absolute atomic E-state index is 14.1. The number of hydrogen-bond acceptors (Lipinski definition) is 7. The Labute approximate surface area is 252 Å². The highest BCUT2D eigenvalue weighted by Gasteiger charge is 2.55. The predicted molar refractivity (Wildman–Crippen MR) is 161 cm³/mol. The molecule has 2 aromatic rings. The third-order valence-electron chi connectivity index (χ3n) is 8.02. The fourth-order valence-electron chi connectivity index (χ4n) is 5.59. The molecule has 0 radical (unpaired) electrons. The number of likely N-dealkylation sites (N-methyl/N-ethyl adjacent to an activating group) is 1. The van der Waals surface area contributed by atoms with E-state index >= 15 is 0 Å². The Morgan fingerprint density at radius 3 is 2.35 bits per heavy atom. The van der Waals surface area contributed by atoms with E-state index in [0.29, 0.717) is 12.1 Å². The third-order valence-corrected chi connectivity index (χ3v) is 8.02. The Kier molecular flexibility index (Phi) is 10.8. The van der Waals surface area contributed by atoms with Gasteiger partial charge in [-0.05, 0) is 45.0 Å². The average molecular weight is 590 g/mol. The number of carbonyl (C=O) groups is 4. The fourth-order valence-corrected chi connectivity index (χ4v) is 5.59. The van der Waals surface area contributed by atoms with E-state index in [4.69, 9.17) is 15.9 Å². The predicted octanol–water partition coefficient (Wildman–Crippen LogP) is 1.99. The molecule has 2 aliphatic heterocycles. The Bertz CT molecular complexity index is 1320. The van der Waals surface area contributed by atoms with Crippen molar-refractivity contribution in [1.82, 2.24) is 20.4 Å². The van der Waals surface area contributed by atoms with Crippen LogP contribution in [0.15, 0.2) is 60.7 Å². The molecule has 3 N–H and O–H groups in total. The van der Waals surface area contributed by atoms with Crippen molar-refractivity contribution >= 4 is 29.5 Å². The topological polar surface area (TPSA) is 129 Å². The van der Waals surface area contributed by atoms with Crippen LogP contribution in [0.3, 0.4) is 0 Å². The monoisotopic (exact) mass is 589 g/mol. The van der Waals surface area contributed by atoms with Gasteiger partial charge in [-0.3, -0.25) is 14.4 Å². The zero-order chi connectivity index (χ0) is 30.9. The fraction of sp³-hybridized carbons (Fsp3) is 0.438. The standard InChI is InChI=1S/C32H39N5O6/c1-5-18-42-22(3)27(35-29(38)21(2)33-4)31(40)36-17-16-26-28(36)25(30(39)34-24-14-10-7-11-15-24)19-37(26)32(41)43-20-23-12-8-6-9-13-23/h1,6-15,21-22,25-28,33H,16-20H2,2-4H3,(H,34,39)(H,35,38)/t21-,22+,25-,26+,27-,28+/m0/s1. The highest BCUT2D eigenvalue weighted by Crippen LogP contribution is 2.37. The molecule has 11 nitrogen and oxygen atoms in total. The highest BCUT2D eigenvalue weighted by atomic mass is 16.6. The van der Waals surface area contributed by atoms with Crippen LogP contribution < -0.4 is 16.0 Å². The van der Waals surface area contributed by atoms with Crippen molar-refractivity contribution in [2.75, 3.05) is 32.1 Å². The largest absolute Gasteiger partial charge is 0.445 e. The summed E-state index contributed by atoms with van der Waals surface area (Å²) in [4.78, 5) is 57.1. The van der Waals surface area contributed by atoms with Gasteiger partial charge in [-0.25, -0.2) is 4.79 Å². The molecule has 2 fully saturated rings. The zero-order valence-corrected chi connectivity index (χ0v) is 24.7. The number of ether oxygens (including phenoxy) is 2. The molecule has 2 heterocycles. The van der Waals surface area contributed by atoms with E-state index in [0.717, 1.165) is 5.56 Å². The Hall–Kier alpha value is -4.40. The number of nitrogens with zero attached hydrogens (tertiary/aromatic N) is 2. The van der Waals surface area contributed by atoms with Crippen LogP contribution in [-0.4, -0.2) is 90.6 Å². The quantitative estimate of drug-likeness (QED) is 0.342. The lowest BCUT2D eigenvalue weighted by atomic mass is 9.97. The van der Waals surface area contributed by atoms with Gasteiger partial charge in [-0.2, -0.15) is 0 Å². The van der Waals surface area contributed by atoms with E-state index in [1.54, 1.807) is 42.8 Å². The molecule has 0 spiro atoms. The van der Waals surface area contributed by atoms with Crippen LogP contribution >= 0.6 is 0 Å². The van der Waals surface area contributed by atoms with E-state index in [9.17, 15) is 19.2 Å². The summed E-state index contributed by atoms with van der Waals surface area (Å²) in [6.45, 7) is 3.73. The van der Waals surface area contributed by atoms with Crippen molar-refractivity contribution in [3.8, 4) is 12.3 Å². The molecule has 2 aromatic carbocycles. The van der Waals surface area contributed by atoms with Crippen LogP contribution in [-0.2, 0) is 30.5 Å². The molecule has 2 saturated heterocycles. The Balaban J connectivity index is 1.59. The number of para-hydroxylation sites is 1. The molecule has 228 valence electrons. The summed E-state index contributed by atoms with van der Waals surface area (Å²) in [5, 5.41) is 8.59. The maximum atomic E-state index is 14.1. The minimum absolute atomic E-state index is 0.0441. The van der Waals surface area contributed by atoms with Crippen LogP contribution in [0.4, 0.5) is 10.5 Å². The van der Waals surface area contributed by atoms with Crippen LogP contribution in [0.1, 0.15) is 25.8 Å². The molecule has 2 aliphatic rings. The molecule has 0 aromatic heterocycles. The van der Waals surface area contributed by atoms with Crippen molar-refractivity contribution < 1.29 is 28.7 Å². The normalized spacial score (nSPS) is 21.2. The summed E-state index contributed by atoms with van der Waals surface area (Å²) >= 11 is 0. The minimum atomic E-state index is -1.06. The summed E-state index contributed by atoms with van der Waals surface area (Å²) < 4.78 is 11.3. The molecule has 43 heavy (non-hydrogen) atoms. The average Bonchev–Trinajstić information content (AvgIpc) is 3.62. The maximum Gasteiger partial charge on any atom is 0.410 e. The molecular formula is C32H39N5O6. The number of amides is 4. The lowest BCUT2D eigenvalue weighted by molar-refractivity contribution is -0.142. The number of likely N-dealkylation sites (tertiary alicyclic amines) is 2. The minimum Gasteiger partial charge on any atom is -0.445 e. The van der Waals surface area contributed by atoms with Gasteiger partial charge in [0.05, 0.1) is 30.1 Å². The van der Waals surface area contributed by atoms with Gasteiger partial charge in [0, 0.05) is 18.8 Å². The number of anilines is 1. The second kappa shape index (κ2) is 14.7. The molecule has 0 aliphatic carbocycles. The van der Waals surface area contributed by atoms with Crippen molar-refractivity contribution in [2.45, 2.75) is 57.1 Å². The number of nitrogens with one attached hydrogen (secondary N) is 3. The van der Waals surface area contributed by atoms with Gasteiger partial charge in [0.1, 0.15) is 19.3 Å². The third kappa shape index (κ3) is 7.52. The van der Waals surface area contributed by atoms with E-state index in [1.165, 1.54) is 0 Å². The van der Waals surface area contributed by atoms with E-state index in [1.807, 2.05) is 48.5 Å². The summed E-state index contributed by atoms with van der Waals surface area (Å²) in [6.07, 6.45) is 4.51. The number of rotatable bonds is 11. The van der Waals surface area contributed by atoms with Crippen molar-refractivity contribution in [2.24, 2.45) is 5.92 Å². The van der Waals surface area contributed by atoms with Crippen molar-refractivity contribution in [1.29, 1.82) is 0 Å². The number of hydrogen-bond donors (Lipinski definition) is 3. The van der Waals surface area contributed by atoms with Crippen LogP contribution in [0.2, 0.25) is 0 Å². The lowest BCUT2D eigenvalue weighted by Gasteiger charge is -2.33. The summed E-state index contributed by atoms with van der Waals surface area (Å²) in [7, 11) is 1.64. The van der Waals surface area contributed by atoms with Gasteiger partial charge in [-0.15, -0.1) is 6.42 Å². The number of terminal acetylenes is 1. The van der Waals surface area contributed by atoms with Gasteiger partial charge in [0.15, 0.2) is 0 Å². The van der Waals surface area contributed by atoms with Gasteiger partial charge < -0.3 is 35.2 Å². The first-order valence-corrected chi connectivity index (χ1v) is 14.4. The summed E-state index contributed by atoms with van der Waals surface area (Å²) in [6, 6.07) is 15.6. The zero-order valence-electron chi connectivity index (χ0n) is 24.7. The Morgan fingerprint density at radius 1 is 1.02 bits per heavy atom. The first kappa shape index (κ1) is 31.5. The summed E-state index contributed by atoms with van der Waals surface area (Å²) in [5.74, 6) is 0.534. The molecule has 11 heteroatoms. The van der Waals surface area contributed by atoms with Gasteiger partial charge >= 0.3 is 6.09 Å². The van der Waals surface area contributed by atoms with Gasteiger partial charge in [0.2, 0.25) is 17.7 Å². The Morgan fingerprint density at radius 2 is 1.70 bits per heavy atom. The number of carbonyl (C=O) groups excluding carboxylic acids is 4. The van der Waals surface area contributed by atoms with Crippen LogP contribution in [0, 0.1) is 18.3 Å². The number of fused-ring (bicyclic) bond motifs is 1. The lowest BCUT2D eigenvalue weighted by Crippen LogP contribution is -2.59. The molecule has 6 atom stereocenters. The molecule has 4 rings (SSSR count). The van der Waals surface area contributed by atoms with Gasteiger partial charge in [0.25, 0.3) is 0 Å². The van der Waals surface area contributed by atoms with E-state index in [-0.39, 0.29) is 38.1 Å². The summed E-state index contributed by atoms with van der Waals surface area (Å²) in [5.41, 5.74) is 1.44. The van der Waals surface area contributed by atoms with Gasteiger partial charge in [-0.1, -0.05) is 54.5 Å². The van der Waals surface area contributed by atoms with Crippen molar-refractivity contribution in [3.05, 3.63) is 66.2 Å². The van der Waals surface area contributed by atoms with Crippen LogP contribution in [0.25, 0.3) is 0 Å². The SMILES string of the molecule is C#CCO[C@H](C)[C@H](NC(=O)[C@H](C)NC)C(=O)N1CC[C@@H]2[C@H]1[C@@H](C(=O)Nc1ccccc1)CN2C(=O)OCc1ccccc1. The second-order valence-electron chi connectivity index (χ2n) is 10.7.